The Morgan fingerprint density at radius 3 is 2.74 bits per heavy atom. The maximum atomic E-state index is 5.58. The summed E-state index contributed by atoms with van der Waals surface area (Å²) in [5.74, 6) is 2.04. The minimum absolute atomic E-state index is 0.530. The number of hydrogen-bond acceptors (Lipinski definition) is 6. The van der Waals surface area contributed by atoms with E-state index in [0.717, 1.165) is 28.1 Å². The topological polar surface area (TPSA) is 73.1 Å². The van der Waals surface area contributed by atoms with Crippen molar-refractivity contribution >= 4 is 5.95 Å². The monoisotopic (exact) mass is 358 g/mol. The molecule has 0 spiro atoms. The maximum Gasteiger partial charge on any atom is 0.223 e. The van der Waals surface area contributed by atoms with Gasteiger partial charge in [-0.25, -0.2) is 9.97 Å². The fourth-order valence-electron chi connectivity index (χ4n) is 2.77. The van der Waals surface area contributed by atoms with Crippen molar-refractivity contribution in [3.8, 4) is 28.3 Å². The summed E-state index contributed by atoms with van der Waals surface area (Å²) in [6.45, 7) is 0.587. The molecular formula is C21H18N4O2. The predicted molar refractivity (Wildman–Crippen MR) is 103 cm³/mol. The lowest BCUT2D eigenvalue weighted by Crippen LogP contribution is -2.05. The second kappa shape index (κ2) is 7.70. The van der Waals surface area contributed by atoms with Crippen molar-refractivity contribution in [2.45, 2.75) is 6.54 Å². The summed E-state index contributed by atoms with van der Waals surface area (Å²) in [6, 6.07) is 15.5. The molecule has 6 nitrogen and oxygen atoms in total. The number of benzene rings is 1. The number of hydrogen-bond donors (Lipinski definition) is 1. The molecule has 1 N–H and O–H groups in total. The van der Waals surface area contributed by atoms with Crippen LogP contribution in [-0.4, -0.2) is 22.1 Å². The number of ether oxygens (including phenoxy) is 1. The summed E-state index contributed by atoms with van der Waals surface area (Å²) in [5.41, 5.74) is 3.68. The number of pyridine rings is 1. The highest BCUT2D eigenvalue weighted by atomic mass is 16.5. The summed E-state index contributed by atoms with van der Waals surface area (Å²) >= 11 is 0. The van der Waals surface area contributed by atoms with Crippen LogP contribution in [0.2, 0.25) is 0 Å². The van der Waals surface area contributed by atoms with Crippen LogP contribution in [0.3, 0.4) is 0 Å². The second-order valence-corrected chi connectivity index (χ2v) is 5.87. The van der Waals surface area contributed by atoms with E-state index in [4.69, 9.17) is 9.15 Å². The van der Waals surface area contributed by atoms with Crippen LogP contribution in [0.5, 0.6) is 5.75 Å². The summed E-state index contributed by atoms with van der Waals surface area (Å²) in [5, 5.41) is 3.26. The molecular weight excluding hydrogens is 340 g/mol. The van der Waals surface area contributed by atoms with Crippen LogP contribution < -0.4 is 10.1 Å². The highest BCUT2D eigenvalue weighted by molar-refractivity contribution is 5.78. The van der Waals surface area contributed by atoms with E-state index in [1.807, 2.05) is 48.5 Å². The molecule has 3 aromatic heterocycles. The molecule has 6 heteroatoms. The highest BCUT2D eigenvalue weighted by Gasteiger charge is 2.13. The van der Waals surface area contributed by atoms with E-state index in [1.165, 1.54) is 0 Å². The minimum atomic E-state index is 0.530. The number of methoxy groups -OCH3 is 1. The Kier molecular flexibility index (Phi) is 4.78. The number of aromatic nitrogens is 3. The molecule has 0 aliphatic rings. The molecule has 0 aliphatic heterocycles. The van der Waals surface area contributed by atoms with Crippen LogP contribution in [0, 0.1) is 0 Å². The van der Waals surface area contributed by atoms with E-state index in [9.17, 15) is 0 Å². The van der Waals surface area contributed by atoms with Crippen molar-refractivity contribution in [1.29, 1.82) is 0 Å². The van der Waals surface area contributed by atoms with Gasteiger partial charge in [-0.1, -0.05) is 12.1 Å². The Labute approximate surface area is 156 Å². The first-order valence-corrected chi connectivity index (χ1v) is 8.51. The Balaban J connectivity index is 1.64. The van der Waals surface area contributed by atoms with Crippen LogP contribution in [0.1, 0.15) is 5.56 Å². The first-order chi connectivity index (χ1) is 13.3. The third-order valence-corrected chi connectivity index (χ3v) is 4.12. The first kappa shape index (κ1) is 16.8. The van der Waals surface area contributed by atoms with Gasteiger partial charge in [0.1, 0.15) is 11.4 Å². The van der Waals surface area contributed by atoms with Gasteiger partial charge in [-0.2, -0.15) is 0 Å². The van der Waals surface area contributed by atoms with Crippen LogP contribution >= 0.6 is 0 Å². The van der Waals surface area contributed by atoms with Crippen molar-refractivity contribution < 1.29 is 9.15 Å². The molecule has 0 saturated heterocycles. The molecule has 0 unspecified atom stereocenters. The zero-order valence-electron chi connectivity index (χ0n) is 14.8. The third kappa shape index (κ3) is 3.79. The van der Waals surface area contributed by atoms with E-state index < -0.39 is 0 Å². The number of nitrogens with zero attached hydrogens (tertiary/aromatic N) is 3. The molecule has 0 bridgehead atoms. The SMILES string of the molecule is COc1cccc(CNc2ncc(-c3ccncc3)c(-c3ccco3)n2)c1. The Morgan fingerprint density at radius 2 is 1.96 bits per heavy atom. The molecule has 27 heavy (non-hydrogen) atoms. The number of anilines is 1. The lowest BCUT2D eigenvalue weighted by molar-refractivity contribution is 0.414. The lowest BCUT2D eigenvalue weighted by atomic mass is 10.1. The molecule has 0 atom stereocenters. The van der Waals surface area contributed by atoms with Crippen molar-refractivity contribution in [3.63, 3.8) is 0 Å². The molecule has 0 saturated carbocycles. The lowest BCUT2D eigenvalue weighted by Gasteiger charge is -2.10. The van der Waals surface area contributed by atoms with Crippen molar-refractivity contribution in [3.05, 3.63) is 78.9 Å². The van der Waals surface area contributed by atoms with Gasteiger partial charge in [0.15, 0.2) is 5.76 Å². The average Bonchev–Trinajstić information content (AvgIpc) is 3.28. The zero-order valence-corrected chi connectivity index (χ0v) is 14.8. The average molecular weight is 358 g/mol. The van der Waals surface area contributed by atoms with Crippen LogP contribution in [-0.2, 0) is 6.54 Å². The van der Waals surface area contributed by atoms with Gasteiger partial charge < -0.3 is 14.5 Å². The number of rotatable bonds is 6. The summed E-state index contributed by atoms with van der Waals surface area (Å²) in [6.07, 6.45) is 6.93. The highest BCUT2D eigenvalue weighted by Crippen LogP contribution is 2.30. The van der Waals surface area contributed by atoms with E-state index in [1.54, 1.807) is 32.0 Å². The molecule has 1 aromatic carbocycles. The van der Waals surface area contributed by atoms with Gasteiger partial charge in [0.25, 0.3) is 0 Å². The molecule has 134 valence electrons. The molecule has 0 fully saturated rings. The molecule has 4 aromatic rings. The maximum absolute atomic E-state index is 5.58. The molecule has 0 aliphatic carbocycles. The van der Waals surface area contributed by atoms with Crippen molar-refractivity contribution in [2.75, 3.05) is 12.4 Å². The van der Waals surface area contributed by atoms with Gasteiger partial charge in [-0.05, 0) is 47.5 Å². The van der Waals surface area contributed by atoms with Gasteiger partial charge in [0.2, 0.25) is 5.95 Å². The predicted octanol–water partition coefficient (Wildman–Crippen LogP) is 4.42. The first-order valence-electron chi connectivity index (χ1n) is 8.51. The van der Waals surface area contributed by atoms with E-state index in [0.29, 0.717) is 18.3 Å². The largest absolute Gasteiger partial charge is 0.497 e. The van der Waals surface area contributed by atoms with Crippen LogP contribution in [0.4, 0.5) is 5.95 Å². The summed E-state index contributed by atoms with van der Waals surface area (Å²) in [4.78, 5) is 13.2. The van der Waals surface area contributed by atoms with Gasteiger partial charge >= 0.3 is 0 Å². The van der Waals surface area contributed by atoms with Gasteiger partial charge in [-0.3, -0.25) is 4.98 Å². The van der Waals surface area contributed by atoms with Crippen molar-refractivity contribution in [2.24, 2.45) is 0 Å². The Bertz CT molecular complexity index is 1020. The normalized spacial score (nSPS) is 10.6. The van der Waals surface area contributed by atoms with Gasteiger partial charge in [0, 0.05) is 30.7 Å². The third-order valence-electron chi connectivity index (χ3n) is 4.12. The molecule has 3 heterocycles. The fourth-order valence-corrected chi connectivity index (χ4v) is 2.77. The number of nitrogens with one attached hydrogen (secondary N) is 1. The minimum Gasteiger partial charge on any atom is -0.497 e. The van der Waals surface area contributed by atoms with Crippen molar-refractivity contribution in [1.82, 2.24) is 15.0 Å². The smallest absolute Gasteiger partial charge is 0.223 e. The van der Waals surface area contributed by atoms with Gasteiger partial charge in [-0.15, -0.1) is 0 Å². The van der Waals surface area contributed by atoms with Crippen LogP contribution in [0.25, 0.3) is 22.6 Å². The standard InChI is InChI=1S/C21H18N4O2/c1-26-17-5-2-4-15(12-17)13-23-21-24-14-18(16-7-9-22-10-8-16)20(25-21)19-6-3-11-27-19/h2-12,14H,13H2,1H3,(H,23,24,25). The van der Waals surface area contributed by atoms with Crippen LogP contribution in [0.15, 0.2) is 77.8 Å². The summed E-state index contributed by atoms with van der Waals surface area (Å²) in [7, 11) is 1.66. The van der Waals surface area contributed by atoms with E-state index in [2.05, 4.69) is 20.3 Å². The fraction of sp³-hybridized carbons (Fsp3) is 0.0952. The van der Waals surface area contributed by atoms with E-state index in [-0.39, 0.29) is 0 Å². The van der Waals surface area contributed by atoms with E-state index >= 15 is 0 Å². The van der Waals surface area contributed by atoms with Gasteiger partial charge in [0.05, 0.1) is 13.4 Å². The number of furan rings is 1. The Morgan fingerprint density at radius 1 is 1.07 bits per heavy atom. The Hall–Kier alpha value is -3.67. The second-order valence-electron chi connectivity index (χ2n) is 5.87. The molecule has 4 rings (SSSR count). The molecule has 0 radical (unpaired) electrons. The molecule has 0 amide bonds. The zero-order chi connectivity index (χ0) is 18.5. The summed E-state index contributed by atoms with van der Waals surface area (Å²) < 4.78 is 10.8. The quantitative estimate of drug-likeness (QED) is 0.550.